The number of benzene rings is 1. The maximum Gasteiger partial charge on any atom is 0.338 e. The molecule has 0 N–H and O–H groups in total. The van der Waals surface area contributed by atoms with Gasteiger partial charge in [0.25, 0.3) is 0 Å². The van der Waals surface area contributed by atoms with Crippen LogP contribution in [0.25, 0.3) is 0 Å². The van der Waals surface area contributed by atoms with Gasteiger partial charge in [-0.1, -0.05) is 0 Å². The third-order valence-corrected chi connectivity index (χ3v) is 3.80. The van der Waals surface area contributed by atoms with E-state index in [9.17, 15) is 4.79 Å². The standard InChI is InChI=1S/C15H17NO3S/c1-3-18-15(17)12-4-6-13(7-5-12)19-9-8-14-11(2)16-10-20-14/h4-7,10H,3,8-9H2,1-2H3. The smallest absolute Gasteiger partial charge is 0.338 e. The number of aromatic nitrogens is 1. The zero-order chi connectivity index (χ0) is 14.4. The highest BCUT2D eigenvalue weighted by atomic mass is 32.1. The van der Waals surface area contributed by atoms with Crippen LogP contribution in [0.3, 0.4) is 0 Å². The summed E-state index contributed by atoms with van der Waals surface area (Å²) in [6.07, 6.45) is 0.843. The summed E-state index contributed by atoms with van der Waals surface area (Å²) >= 11 is 1.64. The van der Waals surface area contributed by atoms with Gasteiger partial charge >= 0.3 is 5.97 Å². The van der Waals surface area contributed by atoms with Crippen LogP contribution in [-0.2, 0) is 11.2 Å². The molecule has 0 aliphatic heterocycles. The van der Waals surface area contributed by atoms with E-state index >= 15 is 0 Å². The summed E-state index contributed by atoms with van der Waals surface area (Å²) in [5.74, 6) is 0.444. The predicted octanol–water partition coefficient (Wildman–Crippen LogP) is 3.25. The van der Waals surface area contributed by atoms with Crippen molar-refractivity contribution in [3.05, 3.63) is 45.9 Å². The minimum atomic E-state index is -0.306. The molecule has 1 aromatic carbocycles. The first-order valence-corrected chi connectivity index (χ1v) is 7.37. The predicted molar refractivity (Wildman–Crippen MR) is 78.4 cm³/mol. The number of thiazole rings is 1. The molecular formula is C15H17NO3S. The second-order valence-electron chi connectivity index (χ2n) is 4.20. The van der Waals surface area contributed by atoms with Gasteiger partial charge in [-0.05, 0) is 38.1 Å². The molecule has 0 aliphatic rings. The Morgan fingerprint density at radius 2 is 2.05 bits per heavy atom. The van der Waals surface area contributed by atoms with E-state index in [0.717, 1.165) is 17.9 Å². The molecule has 1 heterocycles. The molecule has 2 aromatic rings. The summed E-state index contributed by atoms with van der Waals surface area (Å²) in [5.41, 5.74) is 3.45. The fourth-order valence-electron chi connectivity index (χ4n) is 1.73. The van der Waals surface area contributed by atoms with Crippen LogP contribution in [-0.4, -0.2) is 24.2 Å². The molecule has 0 spiro atoms. The molecular weight excluding hydrogens is 274 g/mol. The highest BCUT2D eigenvalue weighted by Crippen LogP contribution is 2.16. The Morgan fingerprint density at radius 1 is 1.30 bits per heavy atom. The number of aryl methyl sites for hydroxylation is 1. The van der Waals surface area contributed by atoms with E-state index in [4.69, 9.17) is 9.47 Å². The zero-order valence-electron chi connectivity index (χ0n) is 11.6. The summed E-state index contributed by atoms with van der Waals surface area (Å²) < 4.78 is 10.6. The van der Waals surface area contributed by atoms with Gasteiger partial charge in [-0.3, -0.25) is 0 Å². The van der Waals surface area contributed by atoms with E-state index in [2.05, 4.69) is 4.98 Å². The molecule has 0 saturated heterocycles. The molecule has 0 atom stereocenters. The van der Waals surface area contributed by atoms with Crippen LogP contribution in [0, 0.1) is 6.92 Å². The number of esters is 1. The van der Waals surface area contributed by atoms with Crippen LogP contribution in [0.2, 0.25) is 0 Å². The van der Waals surface area contributed by atoms with Gasteiger partial charge in [0.1, 0.15) is 5.75 Å². The largest absolute Gasteiger partial charge is 0.493 e. The Hall–Kier alpha value is -1.88. The summed E-state index contributed by atoms with van der Waals surface area (Å²) in [7, 11) is 0. The lowest BCUT2D eigenvalue weighted by Gasteiger charge is -2.06. The van der Waals surface area contributed by atoms with Crippen LogP contribution in [0.15, 0.2) is 29.8 Å². The lowest BCUT2D eigenvalue weighted by molar-refractivity contribution is 0.0526. The number of carbonyl (C=O) groups is 1. The van der Waals surface area contributed by atoms with Gasteiger partial charge in [-0.15, -0.1) is 11.3 Å². The van der Waals surface area contributed by atoms with Crippen LogP contribution in [0.4, 0.5) is 0 Å². The molecule has 4 nitrogen and oxygen atoms in total. The van der Waals surface area contributed by atoms with Crippen molar-refractivity contribution in [1.82, 2.24) is 4.98 Å². The minimum absolute atomic E-state index is 0.306. The topological polar surface area (TPSA) is 48.4 Å². The summed E-state index contributed by atoms with van der Waals surface area (Å²) in [6, 6.07) is 6.99. The quantitative estimate of drug-likeness (QED) is 0.767. The van der Waals surface area contributed by atoms with E-state index in [1.807, 2.05) is 12.4 Å². The number of ether oxygens (including phenoxy) is 2. The molecule has 0 fully saturated rings. The minimum Gasteiger partial charge on any atom is -0.493 e. The fourth-order valence-corrected chi connectivity index (χ4v) is 2.49. The molecule has 0 bridgehead atoms. The molecule has 0 saturated carbocycles. The number of rotatable bonds is 6. The zero-order valence-corrected chi connectivity index (χ0v) is 12.4. The highest BCUT2D eigenvalue weighted by molar-refractivity contribution is 7.09. The Labute approximate surface area is 122 Å². The Kier molecular flexibility index (Phi) is 5.12. The van der Waals surface area contributed by atoms with Crippen molar-refractivity contribution in [3.8, 4) is 5.75 Å². The van der Waals surface area contributed by atoms with Gasteiger partial charge in [0.15, 0.2) is 0 Å². The first-order valence-electron chi connectivity index (χ1n) is 6.49. The van der Waals surface area contributed by atoms with Crippen LogP contribution >= 0.6 is 11.3 Å². The van der Waals surface area contributed by atoms with Crippen molar-refractivity contribution in [2.24, 2.45) is 0 Å². The third-order valence-electron chi connectivity index (χ3n) is 2.81. The van der Waals surface area contributed by atoms with Gasteiger partial charge in [-0.25, -0.2) is 9.78 Å². The van der Waals surface area contributed by atoms with Crippen LogP contribution in [0.1, 0.15) is 27.9 Å². The highest BCUT2D eigenvalue weighted by Gasteiger charge is 2.06. The van der Waals surface area contributed by atoms with Crippen molar-refractivity contribution >= 4 is 17.3 Å². The molecule has 0 radical (unpaired) electrons. The molecule has 5 heteroatoms. The van der Waals surface area contributed by atoms with Crippen molar-refractivity contribution in [2.75, 3.05) is 13.2 Å². The molecule has 0 aliphatic carbocycles. The number of carbonyl (C=O) groups excluding carboxylic acids is 1. The van der Waals surface area contributed by atoms with Gasteiger partial charge in [0.2, 0.25) is 0 Å². The SMILES string of the molecule is CCOC(=O)c1ccc(OCCc2scnc2C)cc1. The van der Waals surface area contributed by atoms with Gasteiger partial charge in [0.05, 0.1) is 30.0 Å². The number of hydrogen-bond donors (Lipinski definition) is 0. The van der Waals surface area contributed by atoms with Gasteiger partial charge in [0, 0.05) is 11.3 Å². The van der Waals surface area contributed by atoms with Crippen LogP contribution < -0.4 is 4.74 Å². The maximum absolute atomic E-state index is 11.5. The van der Waals surface area contributed by atoms with E-state index < -0.39 is 0 Å². The van der Waals surface area contributed by atoms with E-state index in [1.54, 1.807) is 42.5 Å². The van der Waals surface area contributed by atoms with Gasteiger partial charge in [-0.2, -0.15) is 0 Å². The molecule has 2 rings (SSSR count). The summed E-state index contributed by atoms with van der Waals surface area (Å²) in [5, 5.41) is 0. The first-order chi connectivity index (χ1) is 9.70. The average molecular weight is 291 g/mol. The Balaban J connectivity index is 1.85. The Morgan fingerprint density at radius 3 is 2.65 bits per heavy atom. The lowest BCUT2D eigenvalue weighted by Crippen LogP contribution is -2.05. The first kappa shape index (κ1) is 14.5. The van der Waals surface area contributed by atoms with Crippen molar-refractivity contribution in [3.63, 3.8) is 0 Å². The fraction of sp³-hybridized carbons (Fsp3) is 0.333. The summed E-state index contributed by atoms with van der Waals surface area (Å²) in [4.78, 5) is 16.9. The van der Waals surface area contributed by atoms with E-state index in [0.29, 0.717) is 18.8 Å². The molecule has 20 heavy (non-hydrogen) atoms. The lowest BCUT2D eigenvalue weighted by atomic mass is 10.2. The number of nitrogens with zero attached hydrogens (tertiary/aromatic N) is 1. The van der Waals surface area contributed by atoms with E-state index in [-0.39, 0.29) is 5.97 Å². The van der Waals surface area contributed by atoms with Crippen molar-refractivity contribution < 1.29 is 14.3 Å². The van der Waals surface area contributed by atoms with Crippen LogP contribution in [0.5, 0.6) is 5.75 Å². The monoisotopic (exact) mass is 291 g/mol. The molecule has 106 valence electrons. The second-order valence-corrected chi connectivity index (χ2v) is 5.14. The van der Waals surface area contributed by atoms with Gasteiger partial charge < -0.3 is 9.47 Å². The van der Waals surface area contributed by atoms with E-state index in [1.165, 1.54) is 4.88 Å². The summed E-state index contributed by atoms with van der Waals surface area (Å²) in [6.45, 7) is 4.77. The maximum atomic E-state index is 11.5. The normalized spacial score (nSPS) is 10.3. The molecule has 0 amide bonds. The molecule has 1 aromatic heterocycles. The number of hydrogen-bond acceptors (Lipinski definition) is 5. The Bertz CT molecular complexity index is 563. The van der Waals surface area contributed by atoms with Crippen molar-refractivity contribution in [2.45, 2.75) is 20.3 Å². The average Bonchev–Trinajstić information content (AvgIpc) is 2.85. The third kappa shape index (κ3) is 3.81. The van der Waals surface area contributed by atoms with Crippen molar-refractivity contribution in [1.29, 1.82) is 0 Å². The second kappa shape index (κ2) is 7.05. The molecule has 0 unspecified atom stereocenters.